The van der Waals surface area contributed by atoms with Crippen LogP contribution in [0.15, 0.2) is 95.8 Å². The largest absolute Gasteiger partial charge is 0.497 e. The lowest BCUT2D eigenvalue weighted by molar-refractivity contribution is -0.131. The van der Waals surface area contributed by atoms with Crippen LogP contribution in [0.3, 0.4) is 0 Å². The average molecular weight is 551 g/mol. The summed E-state index contributed by atoms with van der Waals surface area (Å²) in [7, 11) is 3.59. The van der Waals surface area contributed by atoms with E-state index in [1.807, 2.05) is 91.4 Å². The van der Waals surface area contributed by atoms with E-state index in [-0.39, 0.29) is 11.5 Å². The van der Waals surface area contributed by atoms with E-state index in [0.717, 1.165) is 46.9 Å². The number of ether oxygens (including phenoxy) is 1. The molecule has 4 aromatic rings. The van der Waals surface area contributed by atoms with Gasteiger partial charge in [0.25, 0.3) is 5.56 Å². The van der Waals surface area contributed by atoms with Crippen molar-refractivity contribution in [2.75, 3.05) is 20.2 Å². The molecule has 1 aromatic heterocycles. The Morgan fingerprint density at radius 1 is 0.951 bits per heavy atom. The molecule has 1 aliphatic heterocycles. The number of carbonyl (C=O) groups excluding carboxylic acids is 1. The molecule has 0 bridgehead atoms. The number of benzene rings is 3. The topological polar surface area (TPSA) is 68.5 Å². The molecule has 1 aliphatic rings. The Morgan fingerprint density at radius 2 is 1.59 bits per heavy atom. The van der Waals surface area contributed by atoms with E-state index in [1.54, 1.807) is 11.8 Å². The van der Waals surface area contributed by atoms with Gasteiger partial charge in [-0.1, -0.05) is 72.8 Å². The molecule has 1 N–H and O–H groups in total. The van der Waals surface area contributed by atoms with Crippen molar-refractivity contribution in [3.63, 3.8) is 0 Å². The zero-order valence-electron chi connectivity index (χ0n) is 24.0. The lowest BCUT2D eigenvalue weighted by Crippen LogP contribution is -2.47. The van der Waals surface area contributed by atoms with Gasteiger partial charge in [-0.3, -0.25) is 19.2 Å². The van der Waals surface area contributed by atoms with E-state index in [9.17, 15) is 9.59 Å². The molecule has 0 aliphatic carbocycles. The van der Waals surface area contributed by atoms with Crippen LogP contribution in [-0.4, -0.2) is 40.4 Å². The first-order chi connectivity index (χ1) is 19.9. The van der Waals surface area contributed by atoms with Crippen LogP contribution >= 0.6 is 0 Å². The first-order valence-electron chi connectivity index (χ1n) is 14.1. The molecule has 0 saturated carbocycles. The zero-order chi connectivity index (χ0) is 28.8. The van der Waals surface area contributed by atoms with Gasteiger partial charge in [0.05, 0.1) is 23.9 Å². The summed E-state index contributed by atoms with van der Waals surface area (Å²) in [6.45, 7) is 4.52. The third kappa shape index (κ3) is 6.20. The van der Waals surface area contributed by atoms with E-state index >= 15 is 0 Å². The SMILES string of the molecule is COc1ccc(CNC(=O)C2(/C=C\c3ccccc3)CCN(Cc3c(C)c(=O)n(-c4ccccc4)n3C)CC2)cc1. The van der Waals surface area contributed by atoms with Gasteiger partial charge in [0.15, 0.2) is 0 Å². The number of nitrogens with one attached hydrogen (secondary N) is 1. The molecule has 1 saturated heterocycles. The summed E-state index contributed by atoms with van der Waals surface area (Å²) in [6.07, 6.45) is 5.54. The highest BCUT2D eigenvalue weighted by atomic mass is 16.5. The minimum absolute atomic E-state index is 0.00348. The van der Waals surface area contributed by atoms with Crippen molar-refractivity contribution < 1.29 is 9.53 Å². The van der Waals surface area contributed by atoms with Crippen LogP contribution in [0.5, 0.6) is 5.75 Å². The molecule has 7 heteroatoms. The Balaban J connectivity index is 1.32. The number of hydrogen-bond acceptors (Lipinski definition) is 4. The highest BCUT2D eigenvalue weighted by Crippen LogP contribution is 2.35. The van der Waals surface area contributed by atoms with Gasteiger partial charge in [-0.05, 0) is 68.2 Å². The minimum atomic E-state index is -0.615. The Bertz CT molecular complexity index is 1550. The van der Waals surface area contributed by atoms with Crippen molar-refractivity contribution in [2.45, 2.75) is 32.9 Å². The highest BCUT2D eigenvalue weighted by molar-refractivity contribution is 5.86. The third-order valence-electron chi connectivity index (χ3n) is 8.22. The van der Waals surface area contributed by atoms with Crippen LogP contribution in [0.2, 0.25) is 0 Å². The predicted molar refractivity (Wildman–Crippen MR) is 163 cm³/mol. The Labute approximate surface area is 241 Å². The first kappa shape index (κ1) is 28.2. The number of amides is 1. The fraction of sp³-hybridized carbons (Fsp3) is 0.294. The highest BCUT2D eigenvalue weighted by Gasteiger charge is 2.39. The van der Waals surface area contributed by atoms with Crippen molar-refractivity contribution in [1.29, 1.82) is 0 Å². The van der Waals surface area contributed by atoms with Crippen LogP contribution in [0.1, 0.15) is 35.2 Å². The monoisotopic (exact) mass is 550 g/mol. The average Bonchev–Trinajstić information content (AvgIpc) is 3.23. The van der Waals surface area contributed by atoms with Gasteiger partial charge in [-0.25, -0.2) is 4.68 Å². The maximum absolute atomic E-state index is 13.8. The molecule has 0 atom stereocenters. The third-order valence-corrected chi connectivity index (χ3v) is 8.22. The quantitative estimate of drug-likeness (QED) is 0.315. The van der Waals surface area contributed by atoms with Gasteiger partial charge in [0.2, 0.25) is 5.91 Å². The summed E-state index contributed by atoms with van der Waals surface area (Å²) in [5.74, 6) is 0.834. The second kappa shape index (κ2) is 12.4. The van der Waals surface area contributed by atoms with Gasteiger partial charge in [-0.15, -0.1) is 0 Å². The second-order valence-corrected chi connectivity index (χ2v) is 10.8. The Morgan fingerprint density at radius 3 is 2.22 bits per heavy atom. The Kier molecular flexibility index (Phi) is 8.55. The summed E-state index contributed by atoms with van der Waals surface area (Å²) in [5.41, 5.74) is 4.10. The fourth-order valence-corrected chi connectivity index (χ4v) is 5.58. The number of para-hydroxylation sites is 1. The second-order valence-electron chi connectivity index (χ2n) is 10.8. The number of carbonyl (C=O) groups is 1. The van der Waals surface area contributed by atoms with Gasteiger partial charge in [-0.2, -0.15) is 0 Å². The van der Waals surface area contributed by atoms with Crippen molar-refractivity contribution in [3.05, 3.63) is 124 Å². The number of nitrogens with zero attached hydrogens (tertiary/aromatic N) is 3. The van der Waals surface area contributed by atoms with Crippen molar-refractivity contribution in [3.8, 4) is 11.4 Å². The molecule has 7 nitrogen and oxygen atoms in total. The van der Waals surface area contributed by atoms with Gasteiger partial charge < -0.3 is 10.1 Å². The summed E-state index contributed by atoms with van der Waals surface area (Å²) >= 11 is 0. The minimum Gasteiger partial charge on any atom is -0.497 e. The standard InChI is InChI=1S/C34H38N4O3/c1-26-31(36(2)38(32(26)39)29-12-8-5-9-13-29)25-37-22-20-34(21-23-37,19-18-27-10-6-4-7-11-27)33(40)35-24-28-14-16-30(41-3)17-15-28/h4-19H,20-25H2,1-3H3,(H,35,40)/b19-18-. The summed E-state index contributed by atoms with van der Waals surface area (Å²) < 4.78 is 8.95. The number of rotatable bonds is 9. The maximum atomic E-state index is 13.8. The molecular formula is C34H38N4O3. The predicted octanol–water partition coefficient (Wildman–Crippen LogP) is 5.11. The van der Waals surface area contributed by atoms with Gasteiger partial charge in [0.1, 0.15) is 5.75 Å². The number of methoxy groups -OCH3 is 1. The van der Waals surface area contributed by atoms with Gasteiger partial charge in [0, 0.05) is 25.7 Å². The summed E-state index contributed by atoms with van der Waals surface area (Å²) in [6, 6.07) is 27.6. The van der Waals surface area contributed by atoms with Crippen molar-refractivity contribution >= 4 is 12.0 Å². The van der Waals surface area contributed by atoms with Crippen molar-refractivity contribution in [1.82, 2.24) is 19.6 Å². The lowest BCUT2D eigenvalue weighted by Gasteiger charge is -2.39. The normalized spacial score (nSPS) is 15.2. The fourth-order valence-electron chi connectivity index (χ4n) is 5.58. The number of piperidine rings is 1. The van der Waals surface area contributed by atoms with E-state index < -0.39 is 5.41 Å². The Hall–Kier alpha value is -4.36. The van der Waals surface area contributed by atoms with Crippen LogP contribution < -0.4 is 15.6 Å². The summed E-state index contributed by atoms with van der Waals surface area (Å²) in [4.78, 5) is 29.3. The molecular weight excluding hydrogens is 512 g/mol. The van der Waals surface area contributed by atoms with Crippen LogP contribution in [0.25, 0.3) is 11.8 Å². The molecule has 212 valence electrons. The lowest BCUT2D eigenvalue weighted by atomic mass is 9.76. The molecule has 5 rings (SSSR count). The molecule has 0 radical (unpaired) electrons. The maximum Gasteiger partial charge on any atom is 0.274 e. The zero-order valence-corrected chi connectivity index (χ0v) is 24.0. The van der Waals surface area contributed by atoms with E-state index in [4.69, 9.17) is 4.74 Å². The molecule has 1 fully saturated rings. The molecule has 3 aromatic carbocycles. The molecule has 2 heterocycles. The van der Waals surface area contributed by atoms with E-state index in [0.29, 0.717) is 25.9 Å². The van der Waals surface area contributed by atoms with Crippen LogP contribution in [0.4, 0.5) is 0 Å². The first-order valence-corrected chi connectivity index (χ1v) is 14.1. The summed E-state index contributed by atoms with van der Waals surface area (Å²) in [5, 5.41) is 3.20. The van der Waals surface area contributed by atoms with Crippen LogP contribution in [-0.2, 0) is 24.9 Å². The van der Waals surface area contributed by atoms with Crippen molar-refractivity contribution in [2.24, 2.45) is 12.5 Å². The smallest absolute Gasteiger partial charge is 0.274 e. The van der Waals surface area contributed by atoms with E-state index in [2.05, 4.69) is 34.5 Å². The number of aromatic nitrogens is 2. The van der Waals surface area contributed by atoms with E-state index in [1.165, 1.54) is 0 Å². The van der Waals surface area contributed by atoms with Crippen LogP contribution in [0, 0.1) is 12.3 Å². The van der Waals surface area contributed by atoms with Gasteiger partial charge >= 0.3 is 0 Å². The molecule has 1 amide bonds. The molecule has 0 spiro atoms. The number of hydrogen-bond donors (Lipinski definition) is 1. The molecule has 41 heavy (non-hydrogen) atoms. The molecule has 0 unspecified atom stereocenters. The number of likely N-dealkylation sites (tertiary alicyclic amines) is 1.